The van der Waals surface area contributed by atoms with E-state index >= 15 is 0 Å². The molecule has 0 bridgehead atoms. The van der Waals surface area contributed by atoms with Crippen LogP contribution >= 0.6 is 0 Å². The number of aryl methyl sites for hydroxylation is 4. The molecular formula is C21H22N4O3. The summed E-state index contributed by atoms with van der Waals surface area (Å²) in [5, 5.41) is 22.0. The Morgan fingerprint density at radius 1 is 1.14 bits per heavy atom. The van der Waals surface area contributed by atoms with Crippen LogP contribution in [0, 0.1) is 13.8 Å². The summed E-state index contributed by atoms with van der Waals surface area (Å²) in [7, 11) is 0. The summed E-state index contributed by atoms with van der Waals surface area (Å²) in [6.45, 7) is 3.87. The first-order valence-corrected chi connectivity index (χ1v) is 9.40. The van der Waals surface area contributed by atoms with Crippen LogP contribution in [0.25, 0.3) is 5.69 Å². The quantitative estimate of drug-likeness (QED) is 0.701. The van der Waals surface area contributed by atoms with Crippen LogP contribution in [-0.4, -0.2) is 31.3 Å². The average Bonchev–Trinajstić information content (AvgIpc) is 3.13. The minimum Gasteiger partial charge on any atom is -0.507 e. The number of nitrogens with zero attached hydrogens (tertiary/aromatic N) is 4. The maximum absolute atomic E-state index is 12.6. The van der Waals surface area contributed by atoms with Gasteiger partial charge >= 0.3 is 5.97 Å². The van der Waals surface area contributed by atoms with Crippen molar-refractivity contribution >= 4 is 5.97 Å². The highest BCUT2D eigenvalue weighted by Crippen LogP contribution is 2.29. The molecule has 1 aliphatic rings. The van der Waals surface area contributed by atoms with Gasteiger partial charge in [-0.25, -0.2) is 4.79 Å². The van der Waals surface area contributed by atoms with Gasteiger partial charge in [0.1, 0.15) is 11.3 Å². The number of ether oxygens (including phenoxy) is 1. The highest BCUT2D eigenvalue weighted by molar-refractivity contribution is 5.92. The third-order valence-corrected chi connectivity index (χ3v) is 5.20. The molecule has 7 nitrogen and oxygen atoms in total. The fourth-order valence-electron chi connectivity index (χ4n) is 3.75. The minimum atomic E-state index is -0.582. The van der Waals surface area contributed by atoms with E-state index in [1.54, 1.807) is 16.8 Å². The number of phenols is 1. The number of hydrogen-bond acceptors (Lipinski definition) is 6. The van der Waals surface area contributed by atoms with Crippen LogP contribution in [0.3, 0.4) is 0 Å². The smallest absolute Gasteiger partial charge is 0.342 e. The molecule has 0 radical (unpaired) electrons. The van der Waals surface area contributed by atoms with Gasteiger partial charge in [-0.3, -0.25) is 0 Å². The number of fused-ring (bicyclic) bond motifs is 1. The van der Waals surface area contributed by atoms with Crippen LogP contribution in [0.1, 0.15) is 51.3 Å². The molecule has 1 heterocycles. The van der Waals surface area contributed by atoms with Crippen molar-refractivity contribution in [1.29, 1.82) is 0 Å². The molecule has 3 aromatic rings. The fourth-order valence-corrected chi connectivity index (χ4v) is 3.75. The van der Waals surface area contributed by atoms with Crippen molar-refractivity contribution in [1.82, 2.24) is 20.2 Å². The van der Waals surface area contributed by atoms with E-state index in [0.29, 0.717) is 5.82 Å². The standard InChI is InChI=1S/C21H22N4O3/c1-13-6-5-7-14(2)20(13)25-19(22-23-24-25)12-28-21(27)17-10-15-8-3-4-9-16(15)11-18(17)26/h5-7,10-11,26H,3-4,8-9,12H2,1-2H3. The van der Waals surface area contributed by atoms with E-state index in [1.807, 2.05) is 32.0 Å². The van der Waals surface area contributed by atoms with E-state index < -0.39 is 5.97 Å². The Morgan fingerprint density at radius 3 is 2.54 bits per heavy atom. The molecule has 4 rings (SSSR count). The van der Waals surface area contributed by atoms with Crippen LogP contribution in [-0.2, 0) is 24.2 Å². The number of carbonyl (C=O) groups excluding carboxylic acids is 1. The highest BCUT2D eigenvalue weighted by atomic mass is 16.5. The first-order valence-electron chi connectivity index (χ1n) is 9.40. The summed E-state index contributed by atoms with van der Waals surface area (Å²) >= 11 is 0. The van der Waals surface area contributed by atoms with Gasteiger partial charge in [0, 0.05) is 0 Å². The monoisotopic (exact) mass is 378 g/mol. The number of hydrogen-bond donors (Lipinski definition) is 1. The summed E-state index contributed by atoms with van der Waals surface area (Å²) in [5.74, 6) is -0.204. The number of aromatic nitrogens is 4. The van der Waals surface area contributed by atoms with E-state index in [0.717, 1.165) is 53.6 Å². The lowest BCUT2D eigenvalue weighted by Crippen LogP contribution is -2.13. The van der Waals surface area contributed by atoms with Gasteiger partial charge in [-0.2, -0.15) is 4.68 Å². The summed E-state index contributed by atoms with van der Waals surface area (Å²) in [6.07, 6.45) is 4.05. The number of esters is 1. The summed E-state index contributed by atoms with van der Waals surface area (Å²) in [5.41, 5.74) is 5.32. The number of tetrazole rings is 1. The molecule has 144 valence electrons. The van der Waals surface area contributed by atoms with E-state index in [2.05, 4.69) is 15.5 Å². The molecule has 0 spiro atoms. The van der Waals surface area contributed by atoms with Crippen LogP contribution in [0.15, 0.2) is 30.3 Å². The molecule has 0 amide bonds. The lowest BCUT2D eigenvalue weighted by atomic mass is 9.90. The van der Waals surface area contributed by atoms with Crippen molar-refractivity contribution < 1.29 is 14.6 Å². The first kappa shape index (κ1) is 18.2. The van der Waals surface area contributed by atoms with Gasteiger partial charge < -0.3 is 9.84 Å². The Morgan fingerprint density at radius 2 is 1.82 bits per heavy atom. The van der Waals surface area contributed by atoms with Crippen LogP contribution in [0.2, 0.25) is 0 Å². The predicted octanol–water partition coefficient (Wildman–Crippen LogP) is 3.22. The second-order valence-corrected chi connectivity index (χ2v) is 7.17. The zero-order chi connectivity index (χ0) is 19.7. The van der Waals surface area contributed by atoms with Crippen molar-refractivity contribution in [2.24, 2.45) is 0 Å². The van der Waals surface area contributed by atoms with E-state index in [4.69, 9.17) is 4.74 Å². The van der Waals surface area contributed by atoms with Gasteiger partial charge in [0.05, 0.1) is 5.69 Å². The molecule has 2 aromatic carbocycles. The average molecular weight is 378 g/mol. The number of phenolic OH excluding ortho intramolecular Hbond substituents is 1. The minimum absolute atomic E-state index is 0.0417. The molecule has 28 heavy (non-hydrogen) atoms. The molecule has 1 N–H and O–H groups in total. The van der Waals surface area contributed by atoms with Gasteiger partial charge in [0.2, 0.25) is 0 Å². The third-order valence-electron chi connectivity index (χ3n) is 5.20. The van der Waals surface area contributed by atoms with Gasteiger partial charge in [-0.1, -0.05) is 18.2 Å². The molecule has 0 saturated carbocycles. The Bertz CT molecular complexity index is 1020. The van der Waals surface area contributed by atoms with Crippen molar-refractivity contribution in [3.05, 3.63) is 64.0 Å². The van der Waals surface area contributed by atoms with E-state index in [1.165, 1.54) is 0 Å². The lowest BCUT2D eigenvalue weighted by molar-refractivity contribution is 0.0456. The molecule has 1 aliphatic carbocycles. The Labute approximate surface area is 163 Å². The third kappa shape index (κ3) is 3.35. The summed E-state index contributed by atoms with van der Waals surface area (Å²) in [6, 6.07) is 9.36. The first-order chi connectivity index (χ1) is 13.5. The van der Waals surface area contributed by atoms with Crippen LogP contribution in [0.5, 0.6) is 5.75 Å². The number of benzene rings is 2. The van der Waals surface area contributed by atoms with Gasteiger partial charge in [-0.15, -0.1) is 5.10 Å². The number of aromatic hydroxyl groups is 1. The zero-order valence-electron chi connectivity index (χ0n) is 16.0. The second-order valence-electron chi connectivity index (χ2n) is 7.17. The number of rotatable bonds is 4. The van der Waals surface area contributed by atoms with Gasteiger partial charge in [0.25, 0.3) is 0 Å². The van der Waals surface area contributed by atoms with Crippen molar-refractivity contribution in [2.75, 3.05) is 0 Å². The molecule has 0 fully saturated rings. The molecule has 0 aliphatic heterocycles. The summed E-state index contributed by atoms with van der Waals surface area (Å²) in [4.78, 5) is 12.6. The normalized spacial score (nSPS) is 13.2. The van der Waals surface area contributed by atoms with Gasteiger partial charge in [0.15, 0.2) is 12.4 Å². The topological polar surface area (TPSA) is 90.1 Å². The van der Waals surface area contributed by atoms with Gasteiger partial charge in [-0.05, 0) is 84.3 Å². The predicted molar refractivity (Wildman–Crippen MR) is 102 cm³/mol. The fraction of sp³-hybridized carbons (Fsp3) is 0.333. The highest BCUT2D eigenvalue weighted by Gasteiger charge is 2.20. The summed E-state index contributed by atoms with van der Waals surface area (Å²) < 4.78 is 7.01. The maximum atomic E-state index is 12.6. The maximum Gasteiger partial charge on any atom is 0.342 e. The molecule has 0 saturated heterocycles. The number of para-hydroxylation sites is 1. The zero-order valence-corrected chi connectivity index (χ0v) is 16.0. The van der Waals surface area contributed by atoms with Crippen LogP contribution in [0.4, 0.5) is 0 Å². The second kappa shape index (κ2) is 7.42. The number of carbonyl (C=O) groups is 1. The molecule has 1 aromatic heterocycles. The SMILES string of the molecule is Cc1cccc(C)c1-n1nnnc1COC(=O)c1cc2c(cc1O)CCCC2. The largest absolute Gasteiger partial charge is 0.507 e. The van der Waals surface area contributed by atoms with Crippen LogP contribution < -0.4 is 0 Å². The Hall–Kier alpha value is -3.22. The Kier molecular flexibility index (Phi) is 4.81. The molecule has 0 unspecified atom stereocenters. The molecule has 0 atom stereocenters. The lowest BCUT2D eigenvalue weighted by Gasteiger charge is -2.17. The van der Waals surface area contributed by atoms with Crippen molar-refractivity contribution in [3.63, 3.8) is 0 Å². The van der Waals surface area contributed by atoms with Crippen molar-refractivity contribution in [2.45, 2.75) is 46.1 Å². The molecular weight excluding hydrogens is 356 g/mol. The molecule has 7 heteroatoms. The van der Waals surface area contributed by atoms with E-state index in [9.17, 15) is 9.90 Å². The van der Waals surface area contributed by atoms with E-state index in [-0.39, 0.29) is 17.9 Å². The Balaban J connectivity index is 1.55. The van der Waals surface area contributed by atoms with Crippen molar-refractivity contribution in [3.8, 4) is 11.4 Å².